The molecule has 0 saturated heterocycles. The summed E-state index contributed by atoms with van der Waals surface area (Å²) in [4.78, 5) is 5.01. The molecule has 0 aliphatic heterocycles. The number of pyridine rings is 1. The molecule has 3 aromatic rings. The van der Waals surface area contributed by atoms with E-state index in [0.29, 0.717) is 6.61 Å². The van der Waals surface area contributed by atoms with Crippen molar-refractivity contribution in [2.24, 2.45) is 0 Å². The van der Waals surface area contributed by atoms with Crippen LogP contribution in [-0.4, -0.2) is 23.4 Å². The number of fused-ring (bicyclic) bond motifs is 1. The molecule has 3 heteroatoms. The van der Waals surface area contributed by atoms with Crippen molar-refractivity contribution in [3.8, 4) is 5.75 Å². The first kappa shape index (κ1) is 24.1. The van der Waals surface area contributed by atoms with Crippen LogP contribution in [0.4, 0.5) is 0 Å². The molecule has 0 spiro atoms. The van der Waals surface area contributed by atoms with E-state index in [4.69, 9.17) is 9.72 Å². The number of nitrogens with zero attached hydrogens (tertiary/aromatic N) is 1. The molecule has 0 aliphatic carbocycles. The average Bonchev–Trinajstić information content (AvgIpc) is 2.83. The van der Waals surface area contributed by atoms with Gasteiger partial charge in [0.05, 0.1) is 0 Å². The van der Waals surface area contributed by atoms with Crippen molar-refractivity contribution in [3.05, 3.63) is 66.4 Å². The van der Waals surface area contributed by atoms with Gasteiger partial charge in [0.1, 0.15) is 0 Å². The molecule has 0 bridgehead atoms. The number of para-hydroxylation sites is 1. The van der Waals surface area contributed by atoms with Gasteiger partial charge >= 0.3 is 194 Å². The Morgan fingerprint density at radius 2 is 1.42 bits per heavy atom. The Hall–Kier alpha value is -1.55. The van der Waals surface area contributed by atoms with Crippen LogP contribution in [0.1, 0.15) is 64.9 Å². The number of unbranched alkanes of at least 4 members (excludes halogenated alkanes) is 3. The summed E-state index contributed by atoms with van der Waals surface area (Å²) < 4.78 is 12.2. The van der Waals surface area contributed by atoms with Gasteiger partial charge in [0.15, 0.2) is 0 Å². The number of ether oxygens (including phenoxy) is 1. The summed E-state index contributed by atoms with van der Waals surface area (Å²) in [6.45, 7) is 7.60. The van der Waals surface area contributed by atoms with E-state index < -0.39 is 18.4 Å². The predicted octanol–water partition coefficient (Wildman–Crippen LogP) is 7.87. The van der Waals surface area contributed by atoms with Gasteiger partial charge in [-0.2, -0.15) is 0 Å². The topological polar surface area (TPSA) is 22.1 Å². The van der Waals surface area contributed by atoms with Crippen LogP contribution >= 0.6 is 0 Å². The maximum absolute atomic E-state index is 6.18. The van der Waals surface area contributed by atoms with Gasteiger partial charge < -0.3 is 0 Å². The van der Waals surface area contributed by atoms with Gasteiger partial charge in [-0.3, -0.25) is 0 Å². The first-order valence-corrected chi connectivity index (χ1v) is 19.8. The van der Waals surface area contributed by atoms with E-state index in [9.17, 15) is 0 Å². The Balaban J connectivity index is 1.92. The van der Waals surface area contributed by atoms with Crippen LogP contribution in [0.15, 0.2) is 60.8 Å². The molecule has 0 fully saturated rings. The van der Waals surface area contributed by atoms with Crippen molar-refractivity contribution in [2.75, 3.05) is 0 Å². The standard InChI is InChI=1S/C16H12NO.3C4H9.Sn/c1-2-6-13(7-3-1)12-18-15-10-4-8-14-9-5-11-17-16(14)15;3*1-3-4-2;/h1-4,6-11H,12H2;3*1,3-4H2,2H3;. The third-order valence-corrected chi connectivity index (χ3v) is 22.0. The van der Waals surface area contributed by atoms with Gasteiger partial charge in [0.2, 0.25) is 0 Å². The summed E-state index contributed by atoms with van der Waals surface area (Å²) in [5.41, 5.74) is 2.19. The van der Waals surface area contributed by atoms with Crippen LogP contribution in [0.2, 0.25) is 13.3 Å². The average molecular weight is 524 g/mol. The van der Waals surface area contributed by atoms with E-state index in [-0.39, 0.29) is 0 Å². The molecule has 31 heavy (non-hydrogen) atoms. The molecule has 2 aromatic carbocycles. The van der Waals surface area contributed by atoms with Gasteiger partial charge in [-0.15, -0.1) is 0 Å². The molecule has 0 saturated carbocycles. The van der Waals surface area contributed by atoms with Gasteiger partial charge in [0.25, 0.3) is 0 Å². The second-order valence-corrected chi connectivity index (χ2v) is 22.2. The summed E-state index contributed by atoms with van der Waals surface area (Å²) in [7, 11) is 0. The fraction of sp³-hybridized carbons (Fsp3) is 0.464. The Bertz CT molecular complexity index is 903. The van der Waals surface area contributed by atoms with Crippen LogP contribution in [0.25, 0.3) is 10.9 Å². The molecule has 0 atom stereocenters. The van der Waals surface area contributed by atoms with Crippen LogP contribution in [0, 0.1) is 0 Å². The summed E-state index contributed by atoms with van der Waals surface area (Å²) >= 11 is -2.46. The molecule has 0 amide bonds. The minimum atomic E-state index is -2.46. The molecule has 1 aromatic heterocycles. The fourth-order valence-electron chi connectivity index (χ4n) is 4.63. The molecule has 1 heterocycles. The first-order valence-electron chi connectivity index (χ1n) is 12.3. The summed E-state index contributed by atoms with van der Waals surface area (Å²) in [6, 6.07) is 19.3. The van der Waals surface area contributed by atoms with Gasteiger partial charge in [-0.25, -0.2) is 0 Å². The fourth-order valence-corrected chi connectivity index (χ4v) is 20.3. The zero-order valence-corrected chi connectivity index (χ0v) is 22.6. The molecule has 0 N–H and O–H groups in total. The third-order valence-electron chi connectivity index (χ3n) is 6.55. The van der Waals surface area contributed by atoms with E-state index in [1.807, 2.05) is 6.07 Å². The molecular formula is C28H39NOSn. The predicted molar refractivity (Wildman–Crippen MR) is 137 cm³/mol. The molecule has 0 radical (unpaired) electrons. The SMILES string of the molecule is CCC[CH2][Sn]([CH2]CCC)([CH2]CCC)[c]1cnc2c(OCc3ccccc3)cccc2c1. The Kier molecular flexibility index (Phi) is 9.70. The number of rotatable bonds is 13. The number of benzene rings is 2. The summed E-state index contributed by atoms with van der Waals surface area (Å²) in [5.74, 6) is 0.893. The Morgan fingerprint density at radius 3 is 2.03 bits per heavy atom. The molecule has 0 unspecified atom stereocenters. The van der Waals surface area contributed by atoms with Crippen molar-refractivity contribution >= 4 is 32.9 Å². The van der Waals surface area contributed by atoms with E-state index in [1.165, 1.54) is 62.8 Å². The van der Waals surface area contributed by atoms with Crippen molar-refractivity contribution in [1.29, 1.82) is 0 Å². The molecule has 3 rings (SSSR count). The maximum atomic E-state index is 6.18. The molecular weight excluding hydrogens is 485 g/mol. The number of hydrogen-bond acceptors (Lipinski definition) is 2. The zero-order chi connectivity index (χ0) is 21.9. The van der Waals surface area contributed by atoms with E-state index in [0.717, 1.165) is 11.3 Å². The Morgan fingerprint density at radius 1 is 0.774 bits per heavy atom. The second-order valence-electron chi connectivity index (χ2n) is 8.92. The van der Waals surface area contributed by atoms with Crippen LogP contribution in [-0.2, 0) is 6.61 Å². The third kappa shape index (κ3) is 6.47. The second kappa shape index (κ2) is 12.5. The molecule has 166 valence electrons. The van der Waals surface area contributed by atoms with Crippen LogP contribution in [0.3, 0.4) is 0 Å². The monoisotopic (exact) mass is 525 g/mol. The van der Waals surface area contributed by atoms with Crippen LogP contribution < -0.4 is 8.32 Å². The van der Waals surface area contributed by atoms with Crippen molar-refractivity contribution in [2.45, 2.75) is 79.2 Å². The summed E-state index contributed by atoms with van der Waals surface area (Å²) in [6.07, 6.45) is 10.3. The zero-order valence-electron chi connectivity index (χ0n) is 19.7. The quantitative estimate of drug-likeness (QED) is 0.212. The minimum absolute atomic E-state index is 0.579. The van der Waals surface area contributed by atoms with Gasteiger partial charge in [-0.1, -0.05) is 0 Å². The first-order chi connectivity index (χ1) is 15.2. The molecule has 2 nitrogen and oxygen atoms in total. The number of aromatic nitrogens is 1. The number of hydrogen-bond donors (Lipinski definition) is 0. The van der Waals surface area contributed by atoms with Crippen molar-refractivity contribution < 1.29 is 4.74 Å². The molecule has 0 aliphatic rings. The van der Waals surface area contributed by atoms with Crippen LogP contribution in [0.5, 0.6) is 5.75 Å². The Labute approximate surface area is 193 Å². The van der Waals surface area contributed by atoms with E-state index in [2.05, 4.69) is 75.5 Å². The van der Waals surface area contributed by atoms with E-state index >= 15 is 0 Å². The summed E-state index contributed by atoms with van der Waals surface area (Å²) in [5, 5.41) is 1.24. The normalized spacial score (nSPS) is 11.7. The van der Waals surface area contributed by atoms with Crippen molar-refractivity contribution in [1.82, 2.24) is 4.98 Å². The van der Waals surface area contributed by atoms with E-state index in [1.54, 1.807) is 3.58 Å². The van der Waals surface area contributed by atoms with Gasteiger partial charge in [0, 0.05) is 0 Å². The van der Waals surface area contributed by atoms with Crippen molar-refractivity contribution in [3.63, 3.8) is 0 Å². The van der Waals surface area contributed by atoms with Gasteiger partial charge in [-0.05, 0) is 0 Å².